The predicted molar refractivity (Wildman–Crippen MR) is 74.7 cm³/mol. The molecule has 17 heavy (non-hydrogen) atoms. The van der Waals surface area contributed by atoms with Crippen LogP contribution >= 0.6 is 23.2 Å². The number of hydrogen-bond acceptors (Lipinski definition) is 1. The average Bonchev–Trinajstić information content (AvgIpc) is 2.60. The molecule has 1 aliphatic rings. The molecule has 3 heteroatoms. The highest BCUT2D eigenvalue weighted by Crippen LogP contribution is 2.37. The monoisotopic (exact) mass is 271 g/mol. The molecule has 1 N–H and O–H groups in total. The van der Waals surface area contributed by atoms with Crippen molar-refractivity contribution in [2.24, 2.45) is 5.41 Å². The Bertz CT molecular complexity index is 401. The fourth-order valence-corrected chi connectivity index (χ4v) is 2.92. The van der Waals surface area contributed by atoms with Gasteiger partial charge in [-0.05, 0) is 36.0 Å². The molecule has 0 radical (unpaired) electrons. The summed E-state index contributed by atoms with van der Waals surface area (Å²) in [6.07, 6.45) is 3.91. The second-order valence-corrected chi connectivity index (χ2v) is 6.38. The SMILES string of the molecule is CC1(C)CCCC1NCc1ccc(Cl)c(Cl)c1. The van der Waals surface area contributed by atoms with Gasteiger partial charge in [-0.3, -0.25) is 0 Å². The molecule has 1 aromatic rings. The molecule has 94 valence electrons. The van der Waals surface area contributed by atoms with Crippen LogP contribution in [-0.2, 0) is 6.54 Å². The zero-order valence-electron chi connectivity index (χ0n) is 10.4. The number of benzene rings is 1. The van der Waals surface area contributed by atoms with E-state index in [0.717, 1.165) is 6.54 Å². The minimum atomic E-state index is 0.413. The summed E-state index contributed by atoms with van der Waals surface area (Å²) in [4.78, 5) is 0. The summed E-state index contributed by atoms with van der Waals surface area (Å²) < 4.78 is 0. The standard InChI is InChI=1S/C14H19Cl2N/c1-14(2)7-3-4-13(14)17-9-10-5-6-11(15)12(16)8-10/h5-6,8,13,17H,3-4,7,9H2,1-2H3. The first-order chi connectivity index (χ1) is 7.99. The van der Waals surface area contributed by atoms with Gasteiger partial charge in [0, 0.05) is 12.6 Å². The van der Waals surface area contributed by atoms with Crippen LogP contribution in [0.3, 0.4) is 0 Å². The molecule has 1 aliphatic carbocycles. The molecule has 1 atom stereocenters. The fraction of sp³-hybridized carbons (Fsp3) is 0.571. The van der Waals surface area contributed by atoms with Gasteiger partial charge in [0.05, 0.1) is 10.0 Å². The van der Waals surface area contributed by atoms with Gasteiger partial charge in [-0.1, -0.05) is 49.5 Å². The Morgan fingerprint density at radius 1 is 1.29 bits per heavy atom. The zero-order valence-corrected chi connectivity index (χ0v) is 11.9. The highest BCUT2D eigenvalue weighted by molar-refractivity contribution is 6.42. The third-order valence-corrected chi connectivity index (χ3v) is 4.53. The van der Waals surface area contributed by atoms with Crippen molar-refractivity contribution in [3.8, 4) is 0 Å². The predicted octanol–water partition coefficient (Wildman–Crippen LogP) is 4.66. The number of hydrogen-bond donors (Lipinski definition) is 1. The lowest BCUT2D eigenvalue weighted by atomic mass is 9.87. The van der Waals surface area contributed by atoms with Crippen LogP contribution in [0.4, 0.5) is 0 Å². The van der Waals surface area contributed by atoms with Crippen molar-refractivity contribution in [1.29, 1.82) is 0 Å². The van der Waals surface area contributed by atoms with Crippen LogP contribution in [0.25, 0.3) is 0 Å². The smallest absolute Gasteiger partial charge is 0.0595 e. The van der Waals surface area contributed by atoms with Crippen LogP contribution in [0.2, 0.25) is 10.0 Å². The number of rotatable bonds is 3. The van der Waals surface area contributed by atoms with Crippen LogP contribution in [0.1, 0.15) is 38.7 Å². The lowest BCUT2D eigenvalue weighted by Crippen LogP contribution is -2.37. The molecular formula is C14H19Cl2N. The van der Waals surface area contributed by atoms with E-state index in [1.165, 1.54) is 24.8 Å². The Hall–Kier alpha value is -0.240. The molecule has 1 fully saturated rings. The van der Waals surface area contributed by atoms with Gasteiger partial charge in [-0.2, -0.15) is 0 Å². The third kappa shape index (κ3) is 3.15. The van der Waals surface area contributed by atoms with Gasteiger partial charge >= 0.3 is 0 Å². The molecule has 1 aromatic carbocycles. The van der Waals surface area contributed by atoms with E-state index in [4.69, 9.17) is 23.2 Å². The topological polar surface area (TPSA) is 12.0 Å². The zero-order chi connectivity index (χ0) is 12.5. The molecule has 0 aliphatic heterocycles. The minimum absolute atomic E-state index is 0.413. The lowest BCUT2D eigenvalue weighted by Gasteiger charge is -2.28. The van der Waals surface area contributed by atoms with Gasteiger partial charge in [0.15, 0.2) is 0 Å². The number of nitrogens with one attached hydrogen (secondary N) is 1. The van der Waals surface area contributed by atoms with Crippen LogP contribution in [0.15, 0.2) is 18.2 Å². The van der Waals surface area contributed by atoms with Crippen molar-refractivity contribution in [3.05, 3.63) is 33.8 Å². The maximum atomic E-state index is 6.01. The van der Waals surface area contributed by atoms with Crippen molar-refractivity contribution in [3.63, 3.8) is 0 Å². The second-order valence-electron chi connectivity index (χ2n) is 5.56. The van der Waals surface area contributed by atoms with E-state index in [0.29, 0.717) is 21.5 Å². The van der Waals surface area contributed by atoms with Crippen LogP contribution in [0, 0.1) is 5.41 Å². The Morgan fingerprint density at radius 2 is 2.06 bits per heavy atom. The highest BCUT2D eigenvalue weighted by atomic mass is 35.5. The maximum Gasteiger partial charge on any atom is 0.0595 e. The van der Waals surface area contributed by atoms with Gasteiger partial charge in [0.25, 0.3) is 0 Å². The van der Waals surface area contributed by atoms with Crippen LogP contribution in [-0.4, -0.2) is 6.04 Å². The van der Waals surface area contributed by atoms with E-state index in [1.807, 2.05) is 18.2 Å². The van der Waals surface area contributed by atoms with Crippen molar-refractivity contribution >= 4 is 23.2 Å². The molecule has 2 rings (SSSR count). The summed E-state index contributed by atoms with van der Waals surface area (Å²) in [7, 11) is 0. The molecule has 0 saturated heterocycles. The summed E-state index contributed by atoms with van der Waals surface area (Å²) in [5.41, 5.74) is 1.61. The van der Waals surface area contributed by atoms with E-state index in [2.05, 4.69) is 19.2 Å². The minimum Gasteiger partial charge on any atom is -0.309 e. The molecule has 0 aromatic heterocycles. The van der Waals surface area contributed by atoms with Crippen molar-refractivity contribution in [2.45, 2.75) is 45.7 Å². The molecule has 1 nitrogen and oxygen atoms in total. The highest BCUT2D eigenvalue weighted by Gasteiger charge is 2.33. The van der Waals surface area contributed by atoms with E-state index in [-0.39, 0.29) is 0 Å². The second kappa shape index (κ2) is 5.17. The van der Waals surface area contributed by atoms with Crippen molar-refractivity contribution in [1.82, 2.24) is 5.32 Å². The van der Waals surface area contributed by atoms with Crippen LogP contribution < -0.4 is 5.32 Å². The van der Waals surface area contributed by atoms with Crippen molar-refractivity contribution < 1.29 is 0 Å². The third-order valence-electron chi connectivity index (χ3n) is 3.79. The largest absolute Gasteiger partial charge is 0.309 e. The Kier molecular flexibility index (Phi) is 4.02. The summed E-state index contributed by atoms with van der Waals surface area (Å²) >= 11 is 11.9. The summed E-state index contributed by atoms with van der Waals surface area (Å²) in [6.45, 7) is 5.55. The first-order valence-electron chi connectivity index (χ1n) is 6.16. The van der Waals surface area contributed by atoms with E-state index < -0.39 is 0 Å². The molecular weight excluding hydrogens is 253 g/mol. The first-order valence-corrected chi connectivity index (χ1v) is 6.92. The van der Waals surface area contributed by atoms with Gasteiger partial charge in [0.1, 0.15) is 0 Å². The molecule has 0 spiro atoms. The quantitative estimate of drug-likeness (QED) is 0.843. The van der Waals surface area contributed by atoms with Crippen molar-refractivity contribution in [2.75, 3.05) is 0 Å². The number of halogens is 2. The fourth-order valence-electron chi connectivity index (χ4n) is 2.60. The van der Waals surface area contributed by atoms with Gasteiger partial charge in [-0.15, -0.1) is 0 Å². The molecule has 0 amide bonds. The molecule has 0 heterocycles. The summed E-state index contributed by atoms with van der Waals surface area (Å²) in [5.74, 6) is 0. The van der Waals surface area contributed by atoms with Gasteiger partial charge < -0.3 is 5.32 Å². The normalized spacial score (nSPS) is 22.9. The average molecular weight is 272 g/mol. The molecule has 1 saturated carbocycles. The van der Waals surface area contributed by atoms with E-state index in [1.54, 1.807) is 0 Å². The Labute approximate surface area is 114 Å². The Balaban J connectivity index is 1.96. The Morgan fingerprint density at radius 3 is 2.65 bits per heavy atom. The maximum absolute atomic E-state index is 6.01. The molecule has 0 bridgehead atoms. The first kappa shape index (κ1) is 13.2. The van der Waals surface area contributed by atoms with Crippen LogP contribution in [0.5, 0.6) is 0 Å². The van der Waals surface area contributed by atoms with Gasteiger partial charge in [0.2, 0.25) is 0 Å². The molecule has 1 unspecified atom stereocenters. The lowest BCUT2D eigenvalue weighted by molar-refractivity contribution is 0.282. The van der Waals surface area contributed by atoms with Gasteiger partial charge in [-0.25, -0.2) is 0 Å². The van der Waals surface area contributed by atoms with E-state index in [9.17, 15) is 0 Å². The summed E-state index contributed by atoms with van der Waals surface area (Å²) in [5, 5.41) is 4.89. The summed E-state index contributed by atoms with van der Waals surface area (Å²) in [6, 6.07) is 6.44. The van der Waals surface area contributed by atoms with E-state index >= 15 is 0 Å².